The van der Waals surface area contributed by atoms with Crippen LogP contribution >= 0.6 is 12.6 Å². The van der Waals surface area contributed by atoms with Crippen LogP contribution in [0.3, 0.4) is 0 Å². The average Bonchev–Trinajstić information content (AvgIpc) is 2.51. The summed E-state index contributed by atoms with van der Waals surface area (Å²) < 4.78 is 1.34. The quantitative estimate of drug-likeness (QED) is 0.500. The molecule has 0 aromatic carbocycles. The van der Waals surface area contributed by atoms with E-state index in [0.29, 0.717) is 5.03 Å². The van der Waals surface area contributed by atoms with Gasteiger partial charge in [0.1, 0.15) is 11.4 Å². The molecule has 0 bridgehead atoms. The molecule has 7 heteroatoms. The number of fused-ring (bicyclic) bond motifs is 1. The minimum absolute atomic E-state index is 0.0921. The molecule has 0 atom stereocenters. The predicted octanol–water partition coefficient (Wildman–Crippen LogP) is 0.111. The van der Waals surface area contributed by atoms with Gasteiger partial charge in [-0.1, -0.05) is 0 Å². The van der Waals surface area contributed by atoms with Crippen LogP contribution in [0.1, 0.15) is 10.5 Å². The molecule has 0 aliphatic heterocycles. The highest BCUT2D eigenvalue weighted by Crippen LogP contribution is 2.08. The smallest absolute Gasteiger partial charge is 0.354 e. The van der Waals surface area contributed by atoms with Gasteiger partial charge in [-0.2, -0.15) is 14.6 Å². The van der Waals surface area contributed by atoms with E-state index in [9.17, 15) is 4.79 Å². The van der Waals surface area contributed by atoms with Crippen LogP contribution in [0.5, 0.6) is 0 Å². The zero-order valence-electron chi connectivity index (χ0n) is 6.25. The number of rotatable bonds is 1. The Balaban J connectivity index is 2.77. The molecule has 0 saturated carbocycles. The fourth-order valence-corrected chi connectivity index (χ4v) is 1.17. The fraction of sp³-hybridized carbons (Fsp3) is 0. The number of carboxylic acids is 1. The van der Waals surface area contributed by atoms with Gasteiger partial charge in [-0.3, -0.25) is 0 Å². The monoisotopic (exact) mass is 196 g/mol. The summed E-state index contributed by atoms with van der Waals surface area (Å²) in [6, 6.07) is 1.31. The lowest BCUT2D eigenvalue weighted by Crippen LogP contribution is -2.04. The van der Waals surface area contributed by atoms with E-state index in [1.54, 1.807) is 0 Å². The summed E-state index contributed by atoms with van der Waals surface area (Å²) in [5.41, 5.74) is -0.0921. The Hall–Kier alpha value is -1.63. The average molecular weight is 196 g/mol. The van der Waals surface area contributed by atoms with E-state index in [0.717, 1.165) is 0 Å². The summed E-state index contributed by atoms with van der Waals surface area (Å²) in [4.78, 5) is 18.1. The minimum Gasteiger partial charge on any atom is -0.477 e. The second-order valence-electron chi connectivity index (χ2n) is 2.28. The van der Waals surface area contributed by atoms with Crippen molar-refractivity contribution < 1.29 is 9.90 Å². The number of carbonyl (C=O) groups is 1. The summed E-state index contributed by atoms with van der Waals surface area (Å²) in [6.07, 6.45) is 1.29. The van der Waals surface area contributed by atoms with Gasteiger partial charge in [0.05, 0.1) is 0 Å². The molecule has 0 fully saturated rings. The van der Waals surface area contributed by atoms with Crippen LogP contribution in [-0.4, -0.2) is 30.7 Å². The zero-order valence-corrected chi connectivity index (χ0v) is 7.14. The normalized spacial score (nSPS) is 10.5. The van der Waals surface area contributed by atoms with E-state index in [-0.39, 0.29) is 11.5 Å². The largest absolute Gasteiger partial charge is 0.477 e. The molecule has 0 spiro atoms. The van der Waals surface area contributed by atoms with Crippen LogP contribution in [0, 0.1) is 0 Å². The van der Waals surface area contributed by atoms with Crippen molar-refractivity contribution in [3.8, 4) is 0 Å². The van der Waals surface area contributed by atoms with E-state index in [2.05, 4.69) is 27.7 Å². The highest BCUT2D eigenvalue weighted by Gasteiger charge is 2.09. The summed E-state index contributed by atoms with van der Waals surface area (Å²) in [5, 5.41) is 12.8. The Kier molecular flexibility index (Phi) is 1.66. The molecular formula is C6H4N4O2S. The molecule has 2 aromatic heterocycles. The Morgan fingerprint density at radius 3 is 3.08 bits per heavy atom. The molecular weight excluding hydrogens is 192 g/mol. The van der Waals surface area contributed by atoms with Crippen molar-refractivity contribution in [3.05, 3.63) is 18.1 Å². The second kappa shape index (κ2) is 2.70. The lowest BCUT2D eigenvalue weighted by molar-refractivity contribution is 0.0690. The number of hydrogen-bond donors (Lipinski definition) is 2. The van der Waals surface area contributed by atoms with E-state index < -0.39 is 5.97 Å². The van der Waals surface area contributed by atoms with Crippen molar-refractivity contribution in [2.75, 3.05) is 0 Å². The van der Waals surface area contributed by atoms with Gasteiger partial charge in [-0.15, -0.1) is 12.6 Å². The van der Waals surface area contributed by atoms with Crippen LogP contribution in [0.25, 0.3) is 5.78 Å². The van der Waals surface area contributed by atoms with Gasteiger partial charge < -0.3 is 5.11 Å². The Bertz CT molecular complexity index is 480. The van der Waals surface area contributed by atoms with Crippen molar-refractivity contribution in [3.63, 3.8) is 0 Å². The first-order valence-corrected chi connectivity index (χ1v) is 3.76. The van der Waals surface area contributed by atoms with Crippen LogP contribution in [0.2, 0.25) is 0 Å². The lowest BCUT2D eigenvalue weighted by Gasteiger charge is -1.97. The molecule has 0 aliphatic carbocycles. The van der Waals surface area contributed by atoms with Crippen LogP contribution in [0.15, 0.2) is 17.4 Å². The van der Waals surface area contributed by atoms with Gasteiger partial charge in [0.15, 0.2) is 5.69 Å². The van der Waals surface area contributed by atoms with Crippen molar-refractivity contribution >= 4 is 24.4 Å². The topological polar surface area (TPSA) is 80.4 Å². The van der Waals surface area contributed by atoms with Crippen molar-refractivity contribution in [2.24, 2.45) is 0 Å². The molecule has 0 radical (unpaired) electrons. The Labute approximate surface area is 77.7 Å². The first kappa shape index (κ1) is 7.99. The summed E-state index contributed by atoms with van der Waals surface area (Å²) in [5.74, 6) is -0.884. The van der Waals surface area contributed by atoms with E-state index >= 15 is 0 Å². The van der Waals surface area contributed by atoms with Crippen LogP contribution < -0.4 is 0 Å². The number of carboxylic acid groups (broad SMARTS) is 1. The van der Waals surface area contributed by atoms with E-state index in [1.165, 1.54) is 16.9 Å². The molecule has 2 rings (SSSR count). The van der Waals surface area contributed by atoms with Gasteiger partial charge >= 0.3 is 5.97 Å². The molecule has 2 heterocycles. The van der Waals surface area contributed by atoms with Crippen molar-refractivity contribution in [1.29, 1.82) is 0 Å². The number of hydrogen-bond acceptors (Lipinski definition) is 5. The predicted molar refractivity (Wildman–Crippen MR) is 45.0 cm³/mol. The first-order chi connectivity index (χ1) is 6.18. The van der Waals surface area contributed by atoms with Gasteiger partial charge in [-0.05, 0) is 0 Å². The molecule has 0 unspecified atom stereocenters. The molecule has 6 nitrogen and oxygen atoms in total. The molecule has 0 saturated heterocycles. The molecule has 2 aromatic rings. The maximum atomic E-state index is 10.6. The van der Waals surface area contributed by atoms with Crippen LogP contribution in [-0.2, 0) is 0 Å². The minimum atomic E-state index is -1.11. The summed E-state index contributed by atoms with van der Waals surface area (Å²) in [7, 11) is 0. The lowest BCUT2D eigenvalue weighted by atomic mass is 10.4. The maximum absolute atomic E-state index is 10.6. The van der Waals surface area contributed by atoms with Gasteiger partial charge in [0.25, 0.3) is 5.78 Å². The standard InChI is InChI=1S/C6H4N4O2S/c11-5(12)3-1-4(13)10-6(9-3)7-2-8-10/h1-2,13H,(H,11,12). The van der Waals surface area contributed by atoms with Gasteiger partial charge in [-0.25, -0.2) is 9.78 Å². The molecule has 13 heavy (non-hydrogen) atoms. The van der Waals surface area contributed by atoms with Crippen LogP contribution in [0.4, 0.5) is 0 Å². The third-order valence-corrected chi connectivity index (χ3v) is 1.77. The van der Waals surface area contributed by atoms with Gasteiger partial charge in [0.2, 0.25) is 0 Å². The molecule has 0 amide bonds. The second-order valence-corrected chi connectivity index (χ2v) is 2.73. The maximum Gasteiger partial charge on any atom is 0.354 e. The third kappa shape index (κ3) is 1.22. The number of aromatic nitrogens is 4. The Morgan fingerprint density at radius 1 is 1.62 bits per heavy atom. The molecule has 1 N–H and O–H groups in total. The summed E-state index contributed by atoms with van der Waals surface area (Å²) in [6.45, 7) is 0. The highest BCUT2D eigenvalue weighted by atomic mass is 32.1. The zero-order chi connectivity index (χ0) is 9.42. The highest BCUT2D eigenvalue weighted by molar-refractivity contribution is 7.80. The molecule has 0 aliphatic rings. The van der Waals surface area contributed by atoms with Crippen molar-refractivity contribution in [2.45, 2.75) is 5.03 Å². The van der Waals surface area contributed by atoms with Gasteiger partial charge in [0, 0.05) is 6.07 Å². The third-order valence-electron chi connectivity index (χ3n) is 1.45. The van der Waals surface area contributed by atoms with E-state index in [4.69, 9.17) is 5.11 Å². The molecule has 66 valence electrons. The number of nitrogens with zero attached hydrogens (tertiary/aromatic N) is 4. The first-order valence-electron chi connectivity index (χ1n) is 3.31. The summed E-state index contributed by atoms with van der Waals surface area (Å²) >= 11 is 4.04. The van der Waals surface area contributed by atoms with Crippen molar-refractivity contribution in [1.82, 2.24) is 19.6 Å². The number of aromatic carboxylic acids is 1. The van der Waals surface area contributed by atoms with E-state index in [1.807, 2.05) is 0 Å². The SMILES string of the molecule is O=C(O)c1cc(S)n2ncnc2n1. The number of thiol groups is 1. The Morgan fingerprint density at radius 2 is 2.38 bits per heavy atom. The fourth-order valence-electron chi connectivity index (χ4n) is 0.906.